The van der Waals surface area contributed by atoms with E-state index in [1.54, 1.807) is 0 Å². The zero-order chi connectivity index (χ0) is 14.0. The summed E-state index contributed by atoms with van der Waals surface area (Å²) in [6.45, 7) is 4.42. The Morgan fingerprint density at radius 2 is 1.74 bits per heavy atom. The second kappa shape index (κ2) is 5.85. The molecule has 0 atom stereocenters. The predicted molar refractivity (Wildman–Crippen MR) is 83.8 cm³/mol. The van der Waals surface area contributed by atoms with Gasteiger partial charge in [0.1, 0.15) is 12.4 Å². The van der Waals surface area contributed by atoms with E-state index in [0.717, 1.165) is 37.6 Å². The van der Waals surface area contributed by atoms with Crippen molar-refractivity contribution in [3.05, 3.63) is 56.5 Å². The Labute approximate surface area is 126 Å². The zero-order valence-corrected chi connectivity index (χ0v) is 13.2. The van der Waals surface area contributed by atoms with Crippen LogP contribution in [0.5, 0.6) is 5.75 Å². The number of anilines is 1. The molecular weight excluding hydrogens is 326 g/mol. The van der Waals surface area contributed by atoms with Crippen LogP contribution >= 0.6 is 27.5 Å². The van der Waals surface area contributed by atoms with Gasteiger partial charge in [0.2, 0.25) is 0 Å². The molecule has 0 unspecified atom stereocenters. The minimum Gasteiger partial charge on any atom is -0.489 e. The number of nitrogen functional groups attached to an aromatic ring is 1. The monoisotopic (exact) mass is 339 g/mol. The quantitative estimate of drug-likeness (QED) is 0.808. The van der Waals surface area contributed by atoms with E-state index in [1.165, 1.54) is 0 Å². The number of hydrogen-bond acceptors (Lipinski definition) is 2. The SMILES string of the molecule is Cc1cc(OCc2cc(N)cc(Br)c2)cc(C)c1Cl. The van der Waals surface area contributed by atoms with Gasteiger partial charge in [-0.2, -0.15) is 0 Å². The molecule has 0 fully saturated rings. The van der Waals surface area contributed by atoms with Crippen molar-refractivity contribution in [3.63, 3.8) is 0 Å². The Hall–Kier alpha value is -1.19. The Morgan fingerprint density at radius 3 is 2.32 bits per heavy atom. The van der Waals surface area contributed by atoms with Crippen LogP contribution < -0.4 is 10.5 Å². The minimum absolute atomic E-state index is 0.476. The molecule has 2 N–H and O–H groups in total. The number of aryl methyl sites for hydroxylation is 2. The van der Waals surface area contributed by atoms with E-state index in [4.69, 9.17) is 22.1 Å². The first-order chi connectivity index (χ1) is 8.95. The Bertz CT molecular complexity index is 570. The maximum Gasteiger partial charge on any atom is 0.120 e. The standard InChI is InChI=1S/C15H15BrClNO/c1-9-3-14(4-10(2)15(9)17)19-8-11-5-12(16)7-13(18)6-11/h3-7H,8,18H2,1-2H3. The summed E-state index contributed by atoms with van der Waals surface area (Å²) >= 11 is 9.55. The van der Waals surface area contributed by atoms with E-state index in [0.29, 0.717) is 6.61 Å². The molecule has 0 saturated heterocycles. The number of hydrogen-bond donors (Lipinski definition) is 1. The molecule has 4 heteroatoms. The van der Waals surface area contributed by atoms with Crippen LogP contribution in [0.2, 0.25) is 5.02 Å². The highest BCUT2D eigenvalue weighted by molar-refractivity contribution is 9.10. The number of rotatable bonds is 3. The van der Waals surface area contributed by atoms with Gasteiger partial charge in [-0.3, -0.25) is 0 Å². The summed E-state index contributed by atoms with van der Waals surface area (Å²) in [5.74, 6) is 0.818. The van der Waals surface area contributed by atoms with E-state index in [-0.39, 0.29) is 0 Å². The van der Waals surface area contributed by atoms with E-state index in [2.05, 4.69) is 15.9 Å². The van der Waals surface area contributed by atoms with Gasteiger partial charge in [-0.1, -0.05) is 27.5 Å². The van der Waals surface area contributed by atoms with Crippen molar-refractivity contribution in [2.75, 3.05) is 5.73 Å². The number of benzene rings is 2. The molecule has 0 amide bonds. The van der Waals surface area contributed by atoms with Gasteiger partial charge in [0.05, 0.1) is 0 Å². The molecule has 0 aliphatic carbocycles. The highest BCUT2D eigenvalue weighted by Gasteiger charge is 2.04. The molecule has 0 aliphatic heterocycles. The predicted octanol–water partition coefficient (Wildman–Crippen LogP) is 4.88. The van der Waals surface area contributed by atoms with Crippen LogP contribution in [0, 0.1) is 13.8 Å². The molecule has 0 saturated carbocycles. The van der Waals surface area contributed by atoms with Gasteiger partial charge in [0, 0.05) is 15.2 Å². The molecule has 2 rings (SSSR count). The lowest BCUT2D eigenvalue weighted by molar-refractivity contribution is 0.306. The van der Waals surface area contributed by atoms with Crippen LogP contribution in [0.1, 0.15) is 16.7 Å². The fourth-order valence-electron chi connectivity index (χ4n) is 1.91. The van der Waals surface area contributed by atoms with Gasteiger partial charge < -0.3 is 10.5 Å². The second-order valence-corrected chi connectivity index (χ2v) is 5.85. The molecule has 2 aromatic rings. The summed E-state index contributed by atoms with van der Waals surface area (Å²) in [7, 11) is 0. The van der Waals surface area contributed by atoms with Crippen molar-refractivity contribution in [3.8, 4) is 5.75 Å². The van der Waals surface area contributed by atoms with Crippen LogP contribution in [0.3, 0.4) is 0 Å². The van der Waals surface area contributed by atoms with Crippen LogP contribution in [0.4, 0.5) is 5.69 Å². The zero-order valence-electron chi connectivity index (χ0n) is 10.8. The van der Waals surface area contributed by atoms with E-state index in [1.807, 2.05) is 44.2 Å². The van der Waals surface area contributed by atoms with E-state index < -0.39 is 0 Å². The van der Waals surface area contributed by atoms with E-state index in [9.17, 15) is 0 Å². The van der Waals surface area contributed by atoms with Gasteiger partial charge in [-0.25, -0.2) is 0 Å². The normalized spacial score (nSPS) is 10.5. The molecule has 0 aliphatic rings. The van der Waals surface area contributed by atoms with Gasteiger partial charge in [-0.15, -0.1) is 0 Å². The van der Waals surface area contributed by atoms with Crippen molar-refractivity contribution >= 4 is 33.2 Å². The molecular formula is C15H15BrClNO. The van der Waals surface area contributed by atoms with Gasteiger partial charge in [-0.05, 0) is 60.9 Å². The highest BCUT2D eigenvalue weighted by atomic mass is 79.9. The van der Waals surface area contributed by atoms with Crippen LogP contribution in [0.25, 0.3) is 0 Å². The summed E-state index contributed by atoms with van der Waals surface area (Å²) < 4.78 is 6.74. The lowest BCUT2D eigenvalue weighted by Crippen LogP contribution is -1.98. The van der Waals surface area contributed by atoms with Gasteiger partial charge in [0.15, 0.2) is 0 Å². The Balaban J connectivity index is 2.14. The first kappa shape index (κ1) is 14.2. The van der Waals surface area contributed by atoms with Crippen molar-refractivity contribution in [1.29, 1.82) is 0 Å². The second-order valence-electron chi connectivity index (χ2n) is 4.55. The molecule has 0 aromatic heterocycles. The van der Waals surface area contributed by atoms with Crippen LogP contribution in [-0.4, -0.2) is 0 Å². The molecule has 100 valence electrons. The molecule has 0 spiro atoms. The lowest BCUT2D eigenvalue weighted by atomic mass is 10.1. The largest absolute Gasteiger partial charge is 0.489 e. The van der Waals surface area contributed by atoms with Gasteiger partial charge in [0.25, 0.3) is 0 Å². The van der Waals surface area contributed by atoms with Crippen molar-refractivity contribution in [2.45, 2.75) is 20.5 Å². The minimum atomic E-state index is 0.476. The lowest BCUT2D eigenvalue weighted by Gasteiger charge is -2.10. The summed E-state index contributed by atoms with van der Waals surface area (Å²) in [6.07, 6.45) is 0. The van der Waals surface area contributed by atoms with Crippen LogP contribution in [-0.2, 0) is 6.61 Å². The molecule has 19 heavy (non-hydrogen) atoms. The molecule has 0 bridgehead atoms. The summed E-state index contributed by atoms with van der Waals surface area (Å²) in [5, 5.41) is 0.791. The third kappa shape index (κ3) is 3.64. The average molecular weight is 341 g/mol. The van der Waals surface area contributed by atoms with Crippen molar-refractivity contribution < 1.29 is 4.74 Å². The Kier molecular flexibility index (Phi) is 4.38. The third-order valence-electron chi connectivity index (χ3n) is 2.80. The van der Waals surface area contributed by atoms with Crippen molar-refractivity contribution in [2.24, 2.45) is 0 Å². The first-order valence-electron chi connectivity index (χ1n) is 5.90. The van der Waals surface area contributed by atoms with Gasteiger partial charge >= 0.3 is 0 Å². The molecule has 0 radical (unpaired) electrons. The maximum atomic E-state index is 6.13. The fraction of sp³-hybridized carbons (Fsp3) is 0.200. The number of ether oxygens (including phenoxy) is 1. The third-order valence-corrected chi connectivity index (χ3v) is 3.85. The smallest absolute Gasteiger partial charge is 0.120 e. The number of halogens is 2. The average Bonchev–Trinajstić information content (AvgIpc) is 2.32. The first-order valence-corrected chi connectivity index (χ1v) is 7.07. The van der Waals surface area contributed by atoms with Crippen LogP contribution in [0.15, 0.2) is 34.8 Å². The summed E-state index contributed by atoms with van der Waals surface area (Å²) in [5.41, 5.74) is 9.58. The molecule has 2 nitrogen and oxygen atoms in total. The number of nitrogens with two attached hydrogens (primary N) is 1. The molecule has 0 heterocycles. The Morgan fingerprint density at radius 1 is 1.11 bits per heavy atom. The van der Waals surface area contributed by atoms with Crippen molar-refractivity contribution in [1.82, 2.24) is 0 Å². The molecule has 2 aromatic carbocycles. The highest BCUT2D eigenvalue weighted by Crippen LogP contribution is 2.26. The maximum absolute atomic E-state index is 6.13. The fourth-order valence-corrected chi connectivity index (χ4v) is 2.58. The topological polar surface area (TPSA) is 35.2 Å². The summed E-state index contributed by atoms with van der Waals surface area (Å²) in [4.78, 5) is 0. The van der Waals surface area contributed by atoms with E-state index >= 15 is 0 Å². The summed E-state index contributed by atoms with van der Waals surface area (Å²) in [6, 6.07) is 9.64.